The van der Waals surface area contributed by atoms with E-state index in [4.69, 9.17) is 27.9 Å². The summed E-state index contributed by atoms with van der Waals surface area (Å²) in [5, 5.41) is 11.3. The summed E-state index contributed by atoms with van der Waals surface area (Å²) in [4.78, 5) is 18.4. The molecule has 7 heteroatoms. The van der Waals surface area contributed by atoms with Crippen LogP contribution in [-0.2, 0) is 11.2 Å². The van der Waals surface area contributed by atoms with Crippen molar-refractivity contribution in [2.75, 3.05) is 7.11 Å². The molecule has 0 saturated heterocycles. The Morgan fingerprint density at radius 2 is 2.11 bits per heavy atom. The second-order valence-corrected chi connectivity index (χ2v) is 4.21. The van der Waals surface area contributed by atoms with Gasteiger partial charge in [-0.15, -0.1) is 0 Å². The minimum Gasteiger partial charge on any atom is -0.550 e. The van der Waals surface area contributed by atoms with Gasteiger partial charge < -0.3 is 14.6 Å². The SMILES string of the molecule is COc1cc2nc(Cl)nc(Cl)c2cc1CC(=O)[O-]. The van der Waals surface area contributed by atoms with Crippen LogP contribution < -0.4 is 9.84 Å². The number of hydrogen-bond acceptors (Lipinski definition) is 5. The van der Waals surface area contributed by atoms with E-state index in [-0.39, 0.29) is 16.9 Å². The number of ether oxygens (including phenoxy) is 1. The first-order chi connectivity index (χ1) is 8.51. The van der Waals surface area contributed by atoms with Crippen LogP contribution in [0.25, 0.3) is 10.9 Å². The van der Waals surface area contributed by atoms with Crippen LogP contribution in [-0.4, -0.2) is 23.0 Å². The highest BCUT2D eigenvalue weighted by atomic mass is 35.5. The van der Waals surface area contributed by atoms with Crippen molar-refractivity contribution in [3.63, 3.8) is 0 Å². The summed E-state index contributed by atoms with van der Waals surface area (Å²) in [6.07, 6.45) is -0.280. The molecule has 0 aliphatic rings. The van der Waals surface area contributed by atoms with Gasteiger partial charge in [0, 0.05) is 29.4 Å². The molecule has 0 saturated carbocycles. The van der Waals surface area contributed by atoms with Gasteiger partial charge in [-0.2, -0.15) is 0 Å². The third-order valence-electron chi connectivity index (χ3n) is 2.36. The van der Waals surface area contributed by atoms with Gasteiger partial charge >= 0.3 is 0 Å². The number of halogens is 2. The van der Waals surface area contributed by atoms with Gasteiger partial charge in [0.2, 0.25) is 5.28 Å². The molecule has 0 unspecified atom stereocenters. The Kier molecular flexibility index (Phi) is 3.54. The second kappa shape index (κ2) is 4.96. The molecule has 1 heterocycles. The molecule has 0 spiro atoms. The maximum atomic E-state index is 10.7. The summed E-state index contributed by atoms with van der Waals surface area (Å²) in [5.41, 5.74) is 0.928. The van der Waals surface area contributed by atoms with E-state index in [0.29, 0.717) is 22.2 Å². The average molecular weight is 286 g/mol. The predicted molar refractivity (Wildman–Crippen MR) is 64.8 cm³/mol. The molecule has 0 radical (unpaired) electrons. The van der Waals surface area contributed by atoms with Crippen molar-refractivity contribution in [3.05, 3.63) is 28.1 Å². The third kappa shape index (κ3) is 2.47. The van der Waals surface area contributed by atoms with E-state index >= 15 is 0 Å². The van der Waals surface area contributed by atoms with Gasteiger partial charge in [0.15, 0.2) is 0 Å². The number of carboxylic acid groups (broad SMARTS) is 1. The summed E-state index contributed by atoms with van der Waals surface area (Å²) in [6.45, 7) is 0. The van der Waals surface area contributed by atoms with Crippen LogP contribution in [0.15, 0.2) is 12.1 Å². The molecule has 0 atom stereocenters. The van der Waals surface area contributed by atoms with Crippen LogP contribution in [0.2, 0.25) is 10.4 Å². The molecular formula is C11H7Cl2N2O3-. The van der Waals surface area contributed by atoms with Crippen molar-refractivity contribution in [1.29, 1.82) is 0 Å². The van der Waals surface area contributed by atoms with E-state index in [1.54, 1.807) is 12.1 Å². The molecule has 0 N–H and O–H groups in total. The first-order valence-corrected chi connectivity index (χ1v) is 5.66. The number of aromatic nitrogens is 2. The minimum atomic E-state index is -1.21. The fourth-order valence-corrected chi connectivity index (χ4v) is 2.07. The largest absolute Gasteiger partial charge is 0.550 e. The standard InChI is InChI=1S/C11H8Cl2N2O3/c1-18-8-4-7-6(2-5(8)3-9(16)17)10(12)15-11(13)14-7/h2,4H,3H2,1H3,(H,16,17)/p-1. The lowest BCUT2D eigenvalue weighted by Gasteiger charge is -2.11. The van der Waals surface area contributed by atoms with Crippen LogP contribution >= 0.6 is 23.2 Å². The average Bonchev–Trinajstić information content (AvgIpc) is 2.28. The lowest BCUT2D eigenvalue weighted by molar-refractivity contribution is -0.304. The zero-order valence-corrected chi connectivity index (χ0v) is 10.7. The number of carboxylic acids is 1. The molecule has 0 bridgehead atoms. The molecule has 1 aromatic carbocycles. The van der Waals surface area contributed by atoms with Gasteiger partial charge in [-0.25, -0.2) is 9.97 Å². The van der Waals surface area contributed by atoms with Crippen molar-refractivity contribution in [2.45, 2.75) is 6.42 Å². The summed E-state index contributed by atoms with van der Waals surface area (Å²) < 4.78 is 5.10. The van der Waals surface area contributed by atoms with E-state index in [0.717, 1.165) is 0 Å². The normalized spacial score (nSPS) is 10.6. The predicted octanol–water partition coefficient (Wildman–Crippen LogP) is 1.24. The Labute approximate surface area is 112 Å². The maximum Gasteiger partial charge on any atom is 0.224 e. The Morgan fingerprint density at radius 1 is 1.39 bits per heavy atom. The Morgan fingerprint density at radius 3 is 2.72 bits per heavy atom. The van der Waals surface area contributed by atoms with E-state index in [9.17, 15) is 9.90 Å². The molecule has 94 valence electrons. The topological polar surface area (TPSA) is 75.1 Å². The smallest absolute Gasteiger partial charge is 0.224 e. The molecule has 0 aliphatic carbocycles. The molecule has 18 heavy (non-hydrogen) atoms. The Hall–Kier alpha value is -1.59. The van der Waals surface area contributed by atoms with E-state index in [1.165, 1.54) is 7.11 Å². The number of carbonyl (C=O) groups excluding carboxylic acids is 1. The fourth-order valence-electron chi connectivity index (χ4n) is 1.62. The van der Waals surface area contributed by atoms with Gasteiger partial charge in [0.25, 0.3) is 0 Å². The Bertz CT molecular complexity index is 631. The van der Waals surface area contributed by atoms with Gasteiger partial charge in [-0.3, -0.25) is 0 Å². The number of fused-ring (bicyclic) bond motifs is 1. The number of aliphatic carboxylic acids is 1. The first-order valence-electron chi connectivity index (χ1n) is 4.90. The summed E-state index contributed by atoms with van der Waals surface area (Å²) in [6, 6.07) is 3.12. The summed E-state index contributed by atoms with van der Waals surface area (Å²) in [7, 11) is 1.43. The highest BCUT2D eigenvalue weighted by molar-refractivity contribution is 6.35. The van der Waals surface area contributed by atoms with Crippen LogP contribution in [0.3, 0.4) is 0 Å². The van der Waals surface area contributed by atoms with E-state index < -0.39 is 5.97 Å². The number of carbonyl (C=O) groups is 1. The molecule has 0 fully saturated rings. The molecule has 2 rings (SSSR count). The van der Waals surface area contributed by atoms with Crippen LogP contribution in [0.1, 0.15) is 5.56 Å². The van der Waals surface area contributed by atoms with Gasteiger partial charge in [0.1, 0.15) is 10.9 Å². The number of benzene rings is 1. The fraction of sp³-hybridized carbons (Fsp3) is 0.182. The van der Waals surface area contributed by atoms with Crippen molar-refractivity contribution in [2.24, 2.45) is 0 Å². The molecule has 1 aromatic heterocycles. The van der Waals surface area contributed by atoms with Crippen LogP contribution in [0.4, 0.5) is 0 Å². The van der Waals surface area contributed by atoms with Crippen molar-refractivity contribution < 1.29 is 14.6 Å². The number of nitrogens with zero attached hydrogens (tertiary/aromatic N) is 2. The number of hydrogen-bond donors (Lipinski definition) is 0. The van der Waals surface area contributed by atoms with Crippen molar-refractivity contribution in [1.82, 2.24) is 9.97 Å². The van der Waals surface area contributed by atoms with Gasteiger partial charge in [-0.05, 0) is 17.7 Å². The lowest BCUT2D eigenvalue weighted by atomic mass is 10.1. The molecular weight excluding hydrogens is 279 g/mol. The van der Waals surface area contributed by atoms with Gasteiger partial charge in [-0.1, -0.05) is 11.6 Å². The van der Waals surface area contributed by atoms with Crippen LogP contribution in [0.5, 0.6) is 5.75 Å². The molecule has 2 aromatic rings. The van der Waals surface area contributed by atoms with E-state index in [2.05, 4.69) is 9.97 Å². The van der Waals surface area contributed by atoms with Gasteiger partial charge in [0.05, 0.1) is 12.6 Å². The molecule has 0 amide bonds. The highest BCUT2D eigenvalue weighted by Crippen LogP contribution is 2.29. The summed E-state index contributed by atoms with van der Waals surface area (Å²) >= 11 is 11.6. The lowest BCUT2D eigenvalue weighted by Crippen LogP contribution is -2.24. The second-order valence-electron chi connectivity index (χ2n) is 3.51. The minimum absolute atomic E-state index is 0.0159. The van der Waals surface area contributed by atoms with Crippen molar-refractivity contribution >= 4 is 40.1 Å². The summed E-state index contributed by atoms with van der Waals surface area (Å²) in [5.74, 6) is -0.823. The van der Waals surface area contributed by atoms with E-state index in [1.807, 2.05) is 0 Å². The first kappa shape index (κ1) is 12.9. The quantitative estimate of drug-likeness (QED) is 0.626. The Balaban J connectivity index is 2.68. The highest BCUT2D eigenvalue weighted by Gasteiger charge is 2.11. The third-order valence-corrected chi connectivity index (χ3v) is 2.82. The zero-order valence-electron chi connectivity index (χ0n) is 9.24. The van der Waals surface area contributed by atoms with Crippen LogP contribution in [0, 0.1) is 0 Å². The number of rotatable bonds is 3. The monoisotopic (exact) mass is 285 g/mol. The molecule has 5 nitrogen and oxygen atoms in total. The maximum absolute atomic E-state index is 10.7. The molecule has 0 aliphatic heterocycles. The zero-order chi connectivity index (χ0) is 13.3. The van der Waals surface area contributed by atoms with Crippen molar-refractivity contribution in [3.8, 4) is 5.75 Å². The number of methoxy groups -OCH3 is 1.